The maximum absolute atomic E-state index is 13.3. The van der Waals surface area contributed by atoms with Crippen LogP contribution in [-0.2, 0) is 18.8 Å². The Balaban J connectivity index is 2.17. The molecule has 0 radical (unpaired) electrons. The molecule has 0 spiro atoms. The Morgan fingerprint density at radius 1 is 1.12 bits per heavy atom. The molecule has 172 valence electrons. The lowest BCUT2D eigenvalue weighted by molar-refractivity contribution is 0.0523. The summed E-state index contributed by atoms with van der Waals surface area (Å²) in [5, 5.41) is 11.4. The molecule has 9 heteroatoms. The van der Waals surface area contributed by atoms with E-state index in [0.29, 0.717) is 26.7 Å². The predicted molar refractivity (Wildman–Crippen MR) is 129 cm³/mol. The van der Waals surface area contributed by atoms with Crippen molar-refractivity contribution in [3.63, 3.8) is 0 Å². The Morgan fingerprint density at radius 3 is 2.45 bits per heavy atom. The number of fused-ring (bicyclic) bond motifs is 1. The highest BCUT2D eigenvalue weighted by Gasteiger charge is 2.29. The lowest BCUT2D eigenvalue weighted by atomic mass is 10.00. The summed E-state index contributed by atoms with van der Waals surface area (Å²) in [5.74, 6) is -0.860. The molecule has 0 saturated heterocycles. The Hall–Kier alpha value is -3.59. The van der Waals surface area contributed by atoms with Crippen molar-refractivity contribution >= 4 is 28.3 Å². The first-order valence-corrected chi connectivity index (χ1v) is 11.3. The number of nitrogens with zero attached hydrogens (tertiary/aromatic N) is 2. The molecule has 0 aliphatic rings. The molecular weight excluding hydrogens is 442 g/mol. The van der Waals surface area contributed by atoms with Crippen molar-refractivity contribution in [3.05, 3.63) is 60.6 Å². The number of esters is 1. The van der Waals surface area contributed by atoms with E-state index in [9.17, 15) is 19.5 Å². The van der Waals surface area contributed by atoms with Gasteiger partial charge >= 0.3 is 11.7 Å². The molecule has 3 heterocycles. The summed E-state index contributed by atoms with van der Waals surface area (Å²) in [6.07, 6.45) is 0. The normalized spacial score (nSPS) is 11.3. The Bertz CT molecular complexity index is 1550. The molecule has 4 rings (SSSR count). The van der Waals surface area contributed by atoms with Crippen LogP contribution in [0.1, 0.15) is 33.3 Å². The van der Waals surface area contributed by atoms with Crippen LogP contribution in [-0.4, -0.2) is 31.8 Å². The molecular formula is C24H25N3O5S. The molecule has 0 aliphatic carbocycles. The van der Waals surface area contributed by atoms with Crippen LogP contribution < -0.4 is 11.2 Å². The van der Waals surface area contributed by atoms with Gasteiger partial charge in [-0.1, -0.05) is 12.1 Å². The summed E-state index contributed by atoms with van der Waals surface area (Å²) in [6, 6.07) is 5.87. The molecule has 2 N–H and O–H groups in total. The van der Waals surface area contributed by atoms with Crippen LogP contribution in [0.3, 0.4) is 0 Å². The van der Waals surface area contributed by atoms with Crippen LogP contribution >= 0.6 is 11.3 Å². The van der Waals surface area contributed by atoms with E-state index in [0.717, 1.165) is 21.3 Å². The number of nitrogens with one attached hydrogen (secondary N) is 1. The monoisotopic (exact) mass is 467 g/mol. The van der Waals surface area contributed by atoms with Crippen molar-refractivity contribution in [3.8, 4) is 27.4 Å². The zero-order valence-corrected chi connectivity index (χ0v) is 20.1. The molecule has 0 amide bonds. The van der Waals surface area contributed by atoms with Gasteiger partial charge in [0.1, 0.15) is 17.0 Å². The minimum Gasteiger partial charge on any atom is -0.505 e. The van der Waals surface area contributed by atoms with Crippen LogP contribution in [0, 0.1) is 20.8 Å². The summed E-state index contributed by atoms with van der Waals surface area (Å²) in [5.41, 5.74) is 3.46. The van der Waals surface area contributed by atoms with Crippen molar-refractivity contribution in [2.45, 2.75) is 27.7 Å². The highest BCUT2D eigenvalue weighted by atomic mass is 32.1. The van der Waals surface area contributed by atoms with Crippen LogP contribution in [0.5, 0.6) is 5.75 Å². The van der Waals surface area contributed by atoms with Gasteiger partial charge in [-0.15, -0.1) is 11.3 Å². The highest BCUT2D eigenvalue weighted by Crippen LogP contribution is 2.47. The second kappa shape index (κ2) is 8.08. The quantitative estimate of drug-likeness (QED) is 0.445. The number of hydrogen-bond acceptors (Lipinski definition) is 6. The molecule has 33 heavy (non-hydrogen) atoms. The van der Waals surface area contributed by atoms with Gasteiger partial charge in [0.15, 0.2) is 0 Å². The number of aromatic hydroxyl groups is 1. The number of carbonyl (C=O) groups excluding carboxylic acids is 1. The van der Waals surface area contributed by atoms with E-state index >= 15 is 0 Å². The van der Waals surface area contributed by atoms with E-state index in [2.05, 4.69) is 4.98 Å². The average molecular weight is 468 g/mol. The third kappa shape index (κ3) is 3.39. The Kier molecular flexibility index (Phi) is 5.53. The van der Waals surface area contributed by atoms with E-state index in [1.165, 1.54) is 23.0 Å². The molecule has 0 unspecified atom stereocenters. The van der Waals surface area contributed by atoms with E-state index < -0.39 is 17.2 Å². The summed E-state index contributed by atoms with van der Waals surface area (Å²) < 4.78 is 7.52. The number of rotatable bonds is 4. The van der Waals surface area contributed by atoms with Crippen molar-refractivity contribution in [1.82, 2.24) is 14.1 Å². The first-order valence-electron chi connectivity index (χ1n) is 10.5. The molecule has 3 aromatic heterocycles. The van der Waals surface area contributed by atoms with Crippen molar-refractivity contribution in [1.29, 1.82) is 0 Å². The van der Waals surface area contributed by atoms with Gasteiger partial charge in [0.2, 0.25) is 0 Å². The molecule has 0 fully saturated rings. The molecule has 0 bridgehead atoms. The van der Waals surface area contributed by atoms with Crippen LogP contribution in [0.25, 0.3) is 32.7 Å². The fraction of sp³-hybridized carbons (Fsp3) is 0.292. The summed E-state index contributed by atoms with van der Waals surface area (Å²) in [6.45, 7) is 7.58. The number of hydrogen-bond donors (Lipinski definition) is 2. The largest absolute Gasteiger partial charge is 0.505 e. The van der Waals surface area contributed by atoms with E-state index in [-0.39, 0.29) is 23.3 Å². The Labute approximate surface area is 193 Å². The van der Waals surface area contributed by atoms with Gasteiger partial charge in [0, 0.05) is 24.5 Å². The number of aromatic nitrogens is 3. The van der Waals surface area contributed by atoms with Crippen LogP contribution in [0.15, 0.2) is 27.8 Å². The average Bonchev–Trinajstić information content (AvgIpc) is 3.30. The van der Waals surface area contributed by atoms with E-state index in [1.54, 1.807) is 20.9 Å². The topological polar surface area (TPSA) is 106 Å². The van der Waals surface area contributed by atoms with E-state index in [1.807, 2.05) is 32.0 Å². The second-order valence-corrected chi connectivity index (χ2v) is 9.26. The summed E-state index contributed by atoms with van der Waals surface area (Å²) in [4.78, 5) is 42.5. The number of aryl methyl sites for hydroxylation is 4. The number of carbonyl (C=O) groups is 1. The van der Waals surface area contributed by atoms with Gasteiger partial charge in [-0.05, 0) is 50.5 Å². The molecule has 1 aromatic carbocycles. The Morgan fingerprint density at radius 2 is 1.82 bits per heavy atom. The minimum absolute atomic E-state index is 0.0823. The zero-order valence-electron chi connectivity index (χ0n) is 19.3. The first kappa shape index (κ1) is 22.6. The molecule has 8 nitrogen and oxygen atoms in total. The predicted octanol–water partition coefficient (Wildman–Crippen LogP) is 3.77. The van der Waals surface area contributed by atoms with Crippen LogP contribution in [0.2, 0.25) is 0 Å². The van der Waals surface area contributed by atoms with Crippen LogP contribution in [0.4, 0.5) is 0 Å². The number of aromatic amines is 1. The molecule has 4 aromatic rings. The lowest BCUT2D eigenvalue weighted by Gasteiger charge is -2.08. The van der Waals surface area contributed by atoms with E-state index in [4.69, 9.17) is 4.74 Å². The molecule has 0 atom stereocenters. The van der Waals surface area contributed by atoms with Gasteiger partial charge in [0.05, 0.1) is 22.6 Å². The van der Waals surface area contributed by atoms with Crippen molar-refractivity contribution in [2.24, 2.45) is 14.1 Å². The van der Waals surface area contributed by atoms with Gasteiger partial charge in [-0.25, -0.2) is 9.59 Å². The highest BCUT2D eigenvalue weighted by molar-refractivity contribution is 7.16. The smallest absolute Gasteiger partial charge is 0.343 e. The fourth-order valence-electron chi connectivity index (χ4n) is 4.01. The van der Waals surface area contributed by atoms with Gasteiger partial charge in [0.25, 0.3) is 5.56 Å². The van der Waals surface area contributed by atoms with Gasteiger partial charge < -0.3 is 14.8 Å². The summed E-state index contributed by atoms with van der Waals surface area (Å²) in [7, 11) is 3.00. The fourth-order valence-corrected chi connectivity index (χ4v) is 5.10. The van der Waals surface area contributed by atoms with Crippen molar-refractivity contribution in [2.75, 3.05) is 6.61 Å². The molecule has 0 aliphatic heterocycles. The maximum atomic E-state index is 13.3. The number of H-pyrrole nitrogens is 1. The minimum atomic E-state index is -0.622. The SMILES string of the molecule is CCOC(=O)c1c(C)sc(-c2c(-c3ccc(C)c(C)c3)[nH]c3c2c(=O)n(C)c(=O)n3C)c1O. The third-order valence-electron chi connectivity index (χ3n) is 5.97. The molecule has 0 saturated carbocycles. The first-order chi connectivity index (χ1) is 15.6. The van der Waals surface area contributed by atoms with Gasteiger partial charge in [-0.2, -0.15) is 0 Å². The number of thiophene rings is 1. The summed E-state index contributed by atoms with van der Waals surface area (Å²) >= 11 is 1.20. The standard InChI is InChI=1S/C24H25N3O5S/c1-7-32-23(30)15-13(4)33-20(19(15)28)16-17-21(26(5)24(31)27(6)22(17)29)25-18(16)14-9-8-11(2)12(3)10-14/h8-10,25,28H,7H2,1-6H3. The lowest BCUT2D eigenvalue weighted by Crippen LogP contribution is -2.36. The zero-order chi connectivity index (χ0) is 24.2. The number of benzene rings is 1. The number of ether oxygens (including phenoxy) is 1. The maximum Gasteiger partial charge on any atom is 0.343 e. The van der Waals surface area contributed by atoms with Gasteiger partial charge in [-0.3, -0.25) is 13.9 Å². The third-order valence-corrected chi connectivity index (χ3v) is 7.08. The van der Waals surface area contributed by atoms with Crippen molar-refractivity contribution < 1.29 is 14.6 Å². The second-order valence-electron chi connectivity index (χ2n) is 8.03.